The lowest BCUT2D eigenvalue weighted by atomic mass is 11.0. The molecule has 7 heavy (non-hydrogen) atoms. The van der Waals surface area contributed by atoms with Crippen molar-refractivity contribution in [2.75, 3.05) is 0 Å². The van der Waals surface area contributed by atoms with Crippen LogP contribution in [0, 0.1) is 0 Å². The van der Waals surface area contributed by atoms with Crippen LogP contribution in [0.15, 0.2) is 0 Å². The van der Waals surface area contributed by atoms with Crippen LogP contribution >= 0.6 is 0 Å². The molecule has 0 aromatic carbocycles. The molecule has 36 valence electrons. The second kappa shape index (κ2) is 1.11. The van der Waals surface area contributed by atoms with Gasteiger partial charge in [-0.3, -0.25) is 0 Å². The predicted octanol–water partition coefficient (Wildman–Crippen LogP) is -1.05. The number of hydrogen-bond donors (Lipinski definition) is 1. The lowest BCUT2D eigenvalue weighted by molar-refractivity contribution is 0.242. The monoisotopic (exact) mass is 99.0 g/mol. The average Bonchev–Trinajstić information content (AvgIpc) is 1.87. The molecule has 5 nitrogen and oxygen atoms in total. The number of carbonyl (C=O) groups excluding carboxylic acids is 2. The van der Waals surface area contributed by atoms with Gasteiger partial charge < -0.3 is 0 Å². The van der Waals surface area contributed by atoms with Crippen molar-refractivity contribution in [1.29, 1.82) is 0 Å². The van der Waals surface area contributed by atoms with E-state index in [4.69, 9.17) is 0 Å². The number of urea groups is 2. The third kappa shape index (κ3) is 0.594. The van der Waals surface area contributed by atoms with Gasteiger partial charge in [0.05, 0.1) is 0 Å². The Morgan fingerprint density at radius 3 is 2.29 bits per heavy atom. The maximum absolute atomic E-state index is 9.86. The van der Waals surface area contributed by atoms with Gasteiger partial charge in [-0.15, -0.1) is 10.7 Å². The van der Waals surface area contributed by atoms with Gasteiger partial charge in [-0.1, -0.05) is 0 Å². The highest BCUT2D eigenvalue weighted by molar-refractivity contribution is 5.97. The molecule has 0 atom stereocenters. The maximum Gasteiger partial charge on any atom is 0.388 e. The van der Waals surface area contributed by atoms with E-state index in [9.17, 15) is 9.59 Å². The first kappa shape index (κ1) is 3.91. The standard InChI is InChI=1S/C2HN3O2/c6-1-3-2(7)5-4-1/h(H,4,6). The summed E-state index contributed by atoms with van der Waals surface area (Å²) in [7, 11) is 0. The van der Waals surface area contributed by atoms with E-state index < -0.39 is 12.1 Å². The van der Waals surface area contributed by atoms with Crippen LogP contribution < -0.4 is 16.2 Å². The molecule has 1 rings (SSSR count). The second-order valence-corrected chi connectivity index (χ2v) is 0.923. The molecule has 1 fully saturated rings. The molecule has 0 unspecified atom stereocenters. The van der Waals surface area contributed by atoms with Crippen molar-refractivity contribution < 1.29 is 9.59 Å². The number of rotatable bonds is 0. The highest BCUT2D eigenvalue weighted by Gasteiger charge is 2.19. The Bertz CT molecular complexity index is 106. The van der Waals surface area contributed by atoms with Gasteiger partial charge in [0.25, 0.3) is 0 Å². The number of nitrogens with one attached hydrogen (secondary N) is 1. The third-order valence-electron chi connectivity index (χ3n) is 0.444. The summed E-state index contributed by atoms with van der Waals surface area (Å²) in [4.78, 5) is 19.7. The molecular formula is C2HN3O2. The van der Waals surface area contributed by atoms with Crippen LogP contribution in [0.25, 0.3) is 0 Å². The summed E-state index contributed by atoms with van der Waals surface area (Å²) in [5.41, 5.74) is 4.75. The van der Waals surface area contributed by atoms with E-state index in [0.29, 0.717) is 0 Å². The van der Waals surface area contributed by atoms with Gasteiger partial charge in [0.15, 0.2) is 0 Å². The topological polar surface area (TPSA) is 74.4 Å². The first-order valence-electron chi connectivity index (χ1n) is 1.55. The Hall–Kier alpha value is -1.26. The van der Waals surface area contributed by atoms with Crippen LogP contribution in [-0.4, -0.2) is 12.1 Å². The minimum Gasteiger partial charge on any atom is -0.244 e. The second-order valence-electron chi connectivity index (χ2n) is 0.923. The van der Waals surface area contributed by atoms with E-state index in [-0.39, 0.29) is 0 Å². The molecular weight excluding hydrogens is 98.0 g/mol. The van der Waals surface area contributed by atoms with Crippen LogP contribution in [0.2, 0.25) is 0 Å². The fraction of sp³-hybridized carbons (Fsp3) is 0. The molecule has 0 spiro atoms. The molecule has 0 bridgehead atoms. The molecule has 1 heterocycles. The molecule has 1 N–H and O–H groups in total. The van der Waals surface area contributed by atoms with E-state index in [2.05, 4.69) is 10.7 Å². The Labute approximate surface area is 39.0 Å². The lowest BCUT2D eigenvalue weighted by Crippen LogP contribution is -2.19. The molecule has 1 aliphatic rings. The van der Waals surface area contributed by atoms with Crippen LogP contribution in [0.1, 0.15) is 0 Å². The summed E-state index contributed by atoms with van der Waals surface area (Å²) < 4.78 is 0. The molecule has 0 saturated carbocycles. The van der Waals surface area contributed by atoms with Gasteiger partial charge >= 0.3 is 12.1 Å². The summed E-state index contributed by atoms with van der Waals surface area (Å²) in [6, 6.07) is -1.45. The minimum absolute atomic E-state index is 0.690. The number of hydrogen-bond acceptors (Lipinski definition) is 2. The van der Waals surface area contributed by atoms with Gasteiger partial charge in [0, 0.05) is 0 Å². The van der Waals surface area contributed by atoms with E-state index in [1.54, 1.807) is 0 Å². The van der Waals surface area contributed by atoms with Gasteiger partial charge in [-0.25, -0.2) is 15.0 Å². The van der Waals surface area contributed by atoms with Gasteiger partial charge in [-0.2, -0.15) is 0 Å². The first-order chi connectivity index (χ1) is 3.29. The van der Waals surface area contributed by atoms with Gasteiger partial charge in [-0.05, 0) is 0 Å². The Morgan fingerprint density at radius 1 is 1.43 bits per heavy atom. The molecule has 2 radical (unpaired) electrons. The summed E-state index contributed by atoms with van der Waals surface area (Å²) in [5.74, 6) is 0. The van der Waals surface area contributed by atoms with E-state index in [0.717, 1.165) is 0 Å². The van der Waals surface area contributed by atoms with Crippen LogP contribution in [-0.2, 0) is 0 Å². The van der Waals surface area contributed by atoms with Crippen molar-refractivity contribution in [2.24, 2.45) is 0 Å². The highest BCUT2D eigenvalue weighted by Crippen LogP contribution is 1.76. The van der Waals surface area contributed by atoms with E-state index >= 15 is 0 Å². The molecule has 5 heteroatoms. The fourth-order valence-electron chi connectivity index (χ4n) is 0.233. The fourth-order valence-corrected chi connectivity index (χ4v) is 0.233. The number of nitrogens with zero attached hydrogens (tertiary/aromatic N) is 2. The minimum atomic E-state index is -0.759. The summed E-state index contributed by atoms with van der Waals surface area (Å²) in [6.45, 7) is 0. The number of carbonyl (C=O) groups is 2. The Morgan fingerprint density at radius 2 is 2.14 bits per heavy atom. The lowest BCUT2D eigenvalue weighted by Gasteiger charge is -1.73. The van der Waals surface area contributed by atoms with Crippen molar-refractivity contribution in [2.45, 2.75) is 0 Å². The normalized spacial score (nSPS) is 17.7. The summed E-state index contributed by atoms with van der Waals surface area (Å²) in [6.07, 6.45) is 0. The molecule has 4 amide bonds. The van der Waals surface area contributed by atoms with Crippen molar-refractivity contribution in [3.05, 3.63) is 0 Å². The zero-order valence-electron chi connectivity index (χ0n) is 3.21. The van der Waals surface area contributed by atoms with Crippen LogP contribution in [0.3, 0.4) is 0 Å². The first-order valence-corrected chi connectivity index (χ1v) is 1.55. The van der Waals surface area contributed by atoms with E-state index in [1.807, 2.05) is 5.43 Å². The van der Waals surface area contributed by atoms with Gasteiger partial charge in [0.1, 0.15) is 0 Å². The Kier molecular flexibility index (Phi) is 0.619. The predicted molar refractivity (Wildman–Crippen MR) is 18.2 cm³/mol. The van der Waals surface area contributed by atoms with Crippen molar-refractivity contribution >= 4 is 12.1 Å². The molecule has 0 aromatic rings. The molecule has 0 aromatic heterocycles. The van der Waals surface area contributed by atoms with Crippen molar-refractivity contribution in [3.63, 3.8) is 0 Å². The summed E-state index contributed by atoms with van der Waals surface area (Å²) >= 11 is 0. The third-order valence-corrected chi connectivity index (χ3v) is 0.444. The zero-order chi connectivity index (χ0) is 5.28. The largest absolute Gasteiger partial charge is 0.388 e. The van der Waals surface area contributed by atoms with Crippen LogP contribution in [0.4, 0.5) is 9.59 Å². The molecule has 1 saturated heterocycles. The highest BCUT2D eigenvalue weighted by atomic mass is 16.2. The van der Waals surface area contributed by atoms with E-state index in [1.165, 1.54) is 0 Å². The number of imide groups is 1. The Balaban J connectivity index is 2.55. The smallest absolute Gasteiger partial charge is 0.244 e. The van der Waals surface area contributed by atoms with Crippen molar-refractivity contribution in [3.8, 4) is 0 Å². The van der Waals surface area contributed by atoms with Crippen LogP contribution in [0.5, 0.6) is 0 Å². The summed E-state index contributed by atoms with van der Waals surface area (Å²) in [5, 5.41) is 2.83. The molecule has 0 aliphatic carbocycles. The quantitative estimate of drug-likeness (QED) is 0.421. The van der Waals surface area contributed by atoms with Gasteiger partial charge in [0.2, 0.25) is 0 Å². The zero-order valence-corrected chi connectivity index (χ0v) is 3.21. The maximum atomic E-state index is 9.86. The molecule has 1 aliphatic heterocycles. The SMILES string of the molecule is O=C1[N]NC(=O)[N]1. The van der Waals surface area contributed by atoms with Crippen molar-refractivity contribution in [1.82, 2.24) is 16.2 Å². The number of amides is 4. The average molecular weight is 99.0 g/mol.